The van der Waals surface area contributed by atoms with E-state index in [-0.39, 0.29) is 23.3 Å². The number of thioether (sulfide) groups is 1. The Kier molecular flexibility index (Phi) is 5.32. The molecule has 0 aromatic heterocycles. The van der Waals surface area contributed by atoms with E-state index in [1.165, 1.54) is 12.1 Å². The Balaban J connectivity index is 1.67. The summed E-state index contributed by atoms with van der Waals surface area (Å²) in [6.07, 6.45) is -1.92. The van der Waals surface area contributed by atoms with Crippen LogP contribution in [0, 0.1) is 5.92 Å². The molecule has 138 valence electrons. The third kappa shape index (κ3) is 4.06. The summed E-state index contributed by atoms with van der Waals surface area (Å²) >= 11 is 1.65. The third-order valence-corrected chi connectivity index (χ3v) is 5.47. The quantitative estimate of drug-likeness (QED) is 0.667. The van der Waals surface area contributed by atoms with Crippen molar-refractivity contribution in [3.05, 3.63) is 65.2 Å². The summed E-state index contributed by atoms with van der Waals surface area (Å²) in [5, 5.41) is 0. The van der Waals surface area contributed by atoms with Crippen LogP contribution in [0.5, 0.6) is 0 Å². The van der Waals surface area contributed by atoms with Gasteiger partial charge in [0.05, 0.1) is 5.56 Å². The zero-order chi connectivity index (χ0) is 18.9. The van der Waals surface area contributed by atoms with Gasteiger partial charge in [-0.2, -0.15) is 13.2 Å². The summed E-state index contributed by atoms with van der Waals surface area (Å²) in [7, 11) is 1.70. The second-order valence-corrected chi connectivity index (χ2v) is 7.46. The van der Waals surface area contributed by atoms with E-state index in [1.54, 1.807) is 29.8 Å². The highest BCUT2D eigenvalue weighted by Crippen LogP contribution is 2.51. The lowest BCUT2D eigenvalue weighted by Gasteiger charge is -2.18. The lowest BCUT2D eigenvalue weighted by molar-refractivity contribution is -0.138. The van der Waals surface area contributed by atoms with E-state index in [0.29, 0.717) is 13.0 Å². The molecule has 26 heavy (non-hydrogen) atoms. The number of hydrogen-bond donors (Lipinski definition) is 0. The van der Waals surface area contributed by atoms with Crippen LogP contribution in [0.2, 0.25) is 0 Å². The van der Waals surface area contributed by atoms with Gasteiger partial charge in [0.15, 0.2) is 0 Å². The number of hydrogen-bond acceptors (Lipinski definition) is 2. The van der Waals surface area contributed by atoms with E-state index < -0.39 is 11.7 Å². The Morgan fingerprint density at radius 2 is 1.81 bits per heavy atom. The third-order valence-electron chi connectivity index (χ3n) is 4.73. The van der Waals surface area contributed by atoms with E-state index >= 15 is 0 Å². The molecule has 2 atom stereocenters. The van der Waals surface area contributed by atoms with Crippen LogP contribution in [0.15, 0.2) is 53.4 Å². The van der Waals surface area contributed by atoms with E-state index in [4.69, 9.17) is 0 Å². The molecule has 0 aliphatic heterocycles. The number of carbonyl (C=O) groups excluding carboxylic acids is 1. The number of nitrogens with zero attached hydrogens (tertiary/aromatic N) is 1. The van der Waals surface area contributed by atoms with Gasteiger partial charge in [0, 0.05) is 24.4 Å². The molecule has 1 aliphatic rings. The summed E-state index contributed by atoms with van der Waals surface area (Å²) in [4.78, 5) is 15.4. The average molecular weight is 379 g/mol. The molecule has 2 nitrogen and oxygen atoms in total. The standard InChI is InChI=1S/C20H20F3NOS/c1-24(12-13-7-9-14(26-2)10-8-13)19(25)17-11-16(17)15-5-3-4-6-18(15)20(21,22)23/h3-10,16-17H,11-12H2,1-2H3. The molecular formula is C20H20F3NOS. The first-order valence-electron chi connectivity index (χ1n) is 8.35. The van der Waals surface area contributed by atoms with Gasteiger partial charge in [-0.3, -0.25) is 4.79 Å². The molecule has 2 unspecified atom stereocenters. The lowest BCUT2D eigenvalue weighted by Crippen LogP contribution is -2.28. The van der Waals surface area contributed by atoms with Gasteiger partial charge in [-0.25, -0.2) is 0 Å². The maximum Gasteiger partial charge on any atom is 0.416 e. The van der Waals surface area contributed by atoms with Gasteiger partial charge in [0.1, 0.15) is 0 Å². The molecule has 0 bridgehead atoms. The summed E-state index contributed by atoms with van der Waals surface area (Å²) < 4.78 is 39.5. The van der Waals surface area contributed by atoms with E-state index in [9.17, 15) is 18.0 Å². The van der Waals surface area contributed by atoms with Crippen molar-refractivity contribution in [1.29, 1.82) is 0 Å². The topological polar surface area (TPSA) is 20.3 Å². The van der Waals surface area contributed by atoms with Crippen LogP contribution < -0.4 is 0 Å². The molecule has 2 aromatic rings. The highest BCUT2D eigenvalue weighted by Gasteiger charge is 2.48. The minimum absolute atomic E-state index is 0.0964. The zero-order valence-electron chi connectivity index (χ0n) is 14.6. The Morgan fingerprint density at radius 3 is 2.42 bits per heavy atom. The van der Waals surface area contributed by atoms with Gasteiger partial charge in [-0.15, -0.1) is 11.8 Å². The van der Waals surface area contributed by atoms with Gasteiger partial charge in [-0.05, 0) is 47.9 Å². The molecule has 3 rings (SSSR count). The average Bonchev–Trinajstić information content (AvgIpc) is 3.41. The Morgan fingerprint density at radius 1 is 1.15 bits per heavy atom. The molecule has 1 saturated carbocycles. The first-order chi connectivity index (χ1) is 12.3. The molecule has 1 amide bonds. The first kappa shape index (κ1) is 18.8. The number of alkyl halides is 3. The fourth-order valence-corrected chi connectivity index (χ4v) is 3.66. The molecule has 6 heteroatoms. The predicted octanol–water partition coefficient (Wildman–Crippen LogP) is 5.19. The van der Waals surface area contributed by atoms with Crippen LogP contribution in [-0.2, 0) is 17.5 Å². The molecular weight excluding hydrogens is 359 g/mol. The molecule has 0 radical (unpaired) electrons. The van der Waals surface area contributed by atoms with Gasteiger partial charge in [0.2, 0.25) is 5.91 Å². The maximum atomic E-state index is 13.2. The maximum absolute atomic E-state index is 13.2. The van der Waals surface area contributed by atoms with Crippen molar-refractivity contribution < 1.29 is 18.0 Å². The predicted molar refractivity (Wildman–Crippen MR) is 97.0 cm³/mol. The smallest absolute Gasteiger partial charge is 0.341 e. The molecule has 1 aliphatic carbocycles. The van der Waals surface area contributed by atoms with E-state index in [1.807, 2.05) is 30.5 Å². The van der Waals surface area contributed by atoms with Crippen molar-refractivity contribution in [2.75, 3.05) is 13.3 Å². The SMILES string of the molecule is CSc1ccc(CN(C)C(=O)C2CC2c2ccccc2C(F)(F)F)cc1. The molecule has 0 spiro atoms. The largest absolute Gasteiger partial charge is 0.416 e. The fraction of sp³-hybridized carbons (Fsp3) is 0.350. The van der Waals surface area contributed by atoms with Crippen LogP contribution in [0.25, 0.3) is 0 Å². The summed E-state index contributed by atoms with van der Waals surface area (Å²) in [5.41, 5.74) is 0.609. The number of benzene rings is 2. The monoisotopic (exact) mass is 379 g/mol. The Labute approximate surface area is 155 Å². The molecule has 0 saturated heterocycles. The highest BCUT2D eigenvalue weighted by atomic mass is 32.2. The summed E-state index contributed by atoms with van der Waals surface area (Å²) in [6.45, 7) is 0.456. The molecule has 0 heterocycles. The molecule has 2 aromatic carbocycles. The van der Waals surface area contributed by atoms with Crippen molar-refractivity contribution in [3.8, 4) is 0 Å². The number of carbonyl (C=O) groups is 1. The highest BCUT2D eigenvalue weighted by molar-refractivity contribution is 7.98. The normalized spacial score (nSPS) is 19.3. The van der Waals surface area contributed by atoms with Crippen LogP contribution in [-0.4, -0.2) is 24.1 Å². The van der Waals surface area contributed by atoms with Gasteiger partial charge in [0.25, 0.3) is 0 Å². The van der Waals surface area contributed by atoms with Crippen LogP contribution in [0.1, 0.15) is 29.0 Å². The van der Waals surface area contributed by atoms with Crippen LogP contribution in [0.4, 0.5) is 13.2 Å². The minimum Gasteiger partial charge on any atom is -0.341 e. The van der Waals surface area contributed by atoms with Crippen molar-refractivity contribution >= 4 is 17.7 Å². The van der Waals surface area contributed by atoms with E-state index in [0.717, 1.165) is 16.5 Å². The molecule has 1 fully saturated rings. The van der Waals surface area contributed by atoms with Crippen LogP contribution >= 0.6 is 11.8 Å². The lowest BCUT2D eigenvalue weighted by atomic mass is 10.0. The Hall–Kier alpha value is -1.95. The number of rotatable bonds is 5. The van der Waals surface area contributed by atoms with Crippen molar-refractivity contribution in [2.24, 2.45) is 5.92 Å². The van der Waals surface area contributed by atoms with Gasteiger partial charge >= 0.3 is 6.18 Å². The number of halogens is 3. The second-order valence-electron chi connectivity index (χ2n) is 6.58. The summed E-state index contributed by atoms with van der Waals surface area (Å²) in [6, 6.07) is 13.5. The number of amides is 1. The van der Waals surface area contributed by atoms with Crippen molar-refractivity contribution in [2.45, 2.75) is 30.0 Å². The van der Waals surface area contributed by atoms with Crippen molar-refractivity contribution in [3.63, 3.8) is 0 Å². The zero-order valence-corrected chi connectivity index (χ0v) is 15.4. The van der Waals surface area contributed by atoms with Crippen molar-refractivity contribution in [1.82, 2.24) is 4.90 Å². The van der Waals surface area contributed by atoms with Crippen LogP contribution in [0.3, 0.4) is 0 Å². The van der Waals surface area contributed by atoms with Gasteiger partial charge < -0.3 is 4.90 Å². The second kappa shape index (κ2) is 7.35. The van der Waals surface area contributed by atoms with E-state index in [2.05, 4.69) is 0 Å². The Bertz CT molecular complexity index is 788. The van der Waals surface area contributed by atoms with Gasteiger partial charge in [-0.1, -0.05) is 30.3 Å². The summed E-state index contributed by atoms with van der Waals surface area (Å²) in [5.74, 6) is -0.809. The first-order valence-corrected chi connectivity index (χ1v) is 9.57. The minimum atomic E-state index is -4.39. The molecule has 0 N–H and O–H groups in total. The fourth-order valence-electron chi connectivity index (χ4n) is 3.26.